The number of esters is 1. The molecule has 142 valence electrons. The van der Waals surface area contributed by atoms with Gasteiger partial charge in [0, 0.05) is 18.5 Å². The number of aliphatic hydroxyl groups is 1. The second-order valence-corrected chi connectivity index (χ2v) is 7.96. The number of aliphatic hydroxyl groups excluding tert-OH is 1. The molecule has 1 saturated carbocycles. The van der Waals surface area contributed by atoms with Crippen molar-refractivity contribution in [1.82, 2.24) is 4.90 Å². The monoisotopic (exact) mass is 381 g/mol. The molecule has 1 atom stereocenters. The Hall–Kier alpha value is -1.97. The zero-order valence-electron chi connectivity index (χ0n) is 14.8. The number of primary amides is 1. The molecule has 2 fully saturated rings. The van der Waals surface area contributed by atoms with E-state index in [-0.39, 0.29) is 39.9 Å². The highest BCUT2D eigenvalue weighted by Crippen LogP contribution is 2.52. The first-order valence-corrected chi connectivity index (χ1v) is 9.39. The summed E-state index contributed by atoms with van der Waals surface area (Å²) in [4.78, 5) is 38.4. The van der Waals surface area contributed by atoms with Gasteiger partial charge in [0.05, 0.1) is 29.7 Å². The Morgan fingerprint density at radius 2 is 2.12 bits per heavy atom. The molecule has 2 aliphatic rings. The Bertz CT molecular complexity index is 756. The van der Waals surface area contributed by atoms with E-state index in [9.17, 15) is 19.5 Å². The van der Waals surface area contributed by atoms with Gasteiger partial charge in [-0.05, 0) is 32.3 Å². The molecule has 1 saturated heterocycles. The number of carbonyl (C=O) groups excluding carboxylic acids is 3. The summed E-state index contributed by atoms with van der Waals surface area (Å²) in [5, 5.41) is 13.1. The zero-order valence-corrected chi connectivity index (χ0v) is 15.6. The van der Waals surface area contributed by atoms with Crippen molar-refractivity contribution in [2.75, 3.05) is 31.6 Å². The molecule has 3 rings (SSSR count). The molecule has 1 aromatic rings. The highest BCUT2D eigenvalue weighted by Gasteiger charge is 2.54. The lowest BCUT2D eigenvalue weighted by molar-refractivity contribution is -0.117. The van der Waals surface area contributed by atoms with Crippen LogP contribution in [0.4, 0.5) is 5.00 Å². The molecule has 1 spiro atoms. The molecule has 9 heteroatoms. The molecule has 0 aromatic carbocycles. The minimum absolute atomic E-state index is 0.0327. The Morgan fingerprint density at radius 3 is 2.65 bits per heavy atom. The molecule has 1 unspecified atom stereocenters. The van der Waals surface area contributed by atoms with Gasteiger partial charge in [0.25, 0.3) is 5.91 Å². The van der Waals surface area contributed by atoms with Crippen LogP contribution in [-0.2, 0) is 9.53 Å². The van der Waals surface area contributed by atoms with E-state index < -0.39 is 18.0 Å². The fourth-order valence-corrected chi connectivity index (χ4v) is 4.54. The SMILES string of the molecule is CCOC(=O)c1c(NC(=O)CN2CC(O)C3(CC3)C2)sc(C(N)=O)c1C. The van der Waals surface area contributed by atoms with Crippen LogP contribution in [0, 0.1) is 12.3 Å². The van der Waals surface area contributed by atoms with Gasteiger partial charge in [0.2, 0.25) is 5.91 Å². The van der Waals surface area contributed by atoms with E-state index in [2.05, 4.69) is 5.32 Å². The summed E-state index contributed by atoms with van der Waals surface area (Å²) in [5.74, 6) is -1.56. The van der Waals surface area contributed by atoms with Gasteiger partial charge in [0.1, 0.15) is 5.00 Å². The van der Waals surface area contributed by atoms with Crippen molar-refractivity contribution in [2.45, 2.75) is 32.8 Å². The Morgan fingerprint density at radius 1 is 1.42 bits per heavy atom. The number of thiophene rings is 1. The first kappa shape index (κ1) is 18.8. The number of β-amino-alcohol motifs (C(OH)–C–C–N with tert-alkyl or cyclic N) is 1. The average molecular weight is 381 g/mol. The van der Waals surface area contributed by atoms with Crippen LogP contribution in [0.25, 0.3) is 0 Å². The van der Waals surface area contributed by atoms with Gasteiger partial charge >= 0.3 is 5.97 Å². The highest BCUT2D eigenvalue weighted by atomic mass is 32.1. The number of hydrogen-bond acceptors (Lipinski definition) is 7. The van der Waals surface area contributed by atoms with Crippen LogP contribution in [0.2, 0.25) is 0 Å². The van der Waals surface area contributed by atoms with Crippen molar-refractivity contribution in [3.05, 3.63) is 16.0 Å². The van der Waals surface area contributed by atoms with Crippen molar-refractivity contribution in [1.29, 1.82) is 0 Å². The summed E-state index contributed by atoms with van der Waals surface area (Å²) < 4.78 is 5.03. The predicted octanol–water partition coefficient (Wildman–Crippen LogP) is 0.727. The lowest BCUT2D eigenvalue weighted by atomic mass is 10.0. The fraction of sp³-hybridized carbons (Fsp3) is 0.588. The smallest absolute Gasteiger partial charge is 0.341 e. The largest absolute Gasteiger partial charge is 0.462 e. The van der Waals surface area contributed by atoms with Gasteiger partial charge < -0.3 is 20.9 Å². The van der Waals surface area contributed by atoms with E-state index in [0.29, 0.717) is 18.7 Å². The summed E-state index contributed by atoms with van der Waals surface area (Å²) in [6.07, 6.45) is 1.59. The first-order chi connectivity index (χ1) is 12.3. The molecule has 1 aromatic heterocycles. The molecule has 0 bridgehead atoms. The second-order valence-electron chi connectivity index (χ2n) is 6.94. The predicted molar refractivity (Wildman–Crippen MR) is 96.3 cm³/mol. The summed E-state index contributed by atoms with van der Waals surface area (Å²) in [5.41, 5.74) is 5.90. The lowest BCUT2D eigenvalue weighted by Gasteiger charge is -2.15. The molecule has 0 radical (unpaired) electrons. The number of nitrogens with one attached hydrogen (secondary N) is 1. The first-order valence-electron chi connectivity index (χ1n) is 8.58. The molecule has 1 aliphatic carbocycles. The topological polar surface area (TPSA) is 122 Å². The van der Waals surface area contributed by atoms with Crippen LogP contribution in [-0.4, -0.2) is 60.1 Å². The molecule has 4 N–H and O–H groups in total. The maximum Gasteiger partial charge on any atom is 0.341 e. The van der Waals surface area contributed by atoms with Crippen LogP contribution in [0.15, 0.2) is 0 Å². The Kier molecular flexibility index (Phi) is 5.05. The van der Waals surface area contributed by atoms with Crippen LogP contribution >= 0.6 is 11.3 Å². The number of anilines is 1. The van der Waals surface area contributed by atoms with E-state index in [1.807, 2.05) is 4.90 Å². The molecular weight excluding hydrogens is 358 g/mol. The fourth-order valence-electron chi connectivity index (χ4n) is 3.48. The Balaban J connectivity index is 1.73. The van der Waals surface area contributed by atoms with Crippen LogP contribution in [0.5, 0.6) is 0 Å². The number of carbonyl (C=O) groups is 3. The minimum atomic E-state index is -0.656. The molecular formula is C17H23N3O5S. The third-order valence-corrected chi connectivity index (χ3v) is 6.26. The standard InChI is InChI=1S/C17H23N3O5S/c1-3-25-16(24)12-9(2)13(14(18)23)26-15(12)19-11(22)7-20-6-10(21)17(8-20)4-5-17/h10,21H,3-8H2,1-2H3,(H2,18,23)(H,19,22). The van der Waals surface area contributed by atoms with E-state index in [1.165, 1.54) is 0 Å². The van der Waals surface area contributed by atoms with Gasteiger partial charge in [-0.1, -0.05) is 0 Å². The van der Waals surface area contributed by atoms with Gasteiger partial charge in [-0.3, -0.25) is 14.5 Å². The van der Waals surface area contributed by atoms with Gasteiger partial charge in [-0.25, -0.2) is 4.79 Å². The Labute approximate surface area is 155 Å². The van der Waals surface area contributed by atoms with E-state index in [1.54, 1.807) is 13.8 Å². The van der Waals surface area contributed by atoms with Crippen LogP contribution < -0.4 is 11.1 Å². The van der Waals surface area contributed by atoms with Gasteiger partial charge in [-0.2, -0.15) is 0 Å². The number of rotatable bonds is 6. The molecule has 26 heavy (non-hydrogen) atoms. The van der Waals surface area contributed by atoms with Crippen LogP contribution in [0.1, 0.15) is 45.4 Å². The quantitative estimate of drug-likeness (QED) is 0.625. The average Bonchev–Trinajstić information content (AvgIpc) is 3.16. The number of hydrogen-bond donors (Lipinski definition) is 3. The zero-order chi connectivity index (χ0) is 19.1. The molecule has 1 aliphatic heterocycles. The third-order valence-electron chi connectivity index (χ3n) is 5.04. The van der Waals surface area contributed by atoms with Crippen molar-refractivity contribution >= 4 is 34.1 Å². The summed E-state index contributed by atoms with van der Waals surface area (Å²) in [6.45, 7) is 4.74. The lowest BCUT2D eigenvalue weighted by Crippen LogP contribution is -2.32. The number of amides is 2. The summed E-state index contributed by atoms with van der Waals surface area (Å²) in [7, 11) is 0. The van der Waals surface area contributed by atoms with Crippen molar-refractivity contribution in [2.24, 2.45) is 11.1 Å². The second kappa shape index (κ2) is 6.98. The van der Waals surface area contributed by atoms with Crippen LogP contribution in [0.3, 0.4) is 0 Å². The van der Waals surface area contributed by atoms with E-state index >= 15 is 0 Å². The third kappa shape index (κ3) is 3.46. The van der Waals surface area contributed by atoms with E-state index in [0.717, 1.165) is 24.2 Å². The number of ether oxygens (including phenoxy) is 1. The van der Waals surface area contributed by atoms with Gasteiger partial charge in [0.15, 0.2) is 0 Å². The van der Waals surface area contributed by atoms with Crippen molar-refractivity contribution in [3.63, 3.8) is 0 Å². The van der Waals surface area contributed by atoms with Crippen molar-refractivity contribution in [3.8, 4) is 0 Å². The normalized spacial score (nSPS) is 21.0. The summed E-state index contributed by atoms with van der Waals surface area (Å²) >= 11 is 0.972. The number of nitrogens with two attached hydrogens (primary N) is 1. The minimum Gasteiger partial charge on any atom is -0.462 e. The number of likely N-dealkylation sites (tertiary alicyclic amines) is 1. The van der Waals surface area contributed by atoms with Crippen molar-refractivity contribution < 1.29 is 24.2 Å². The number of nitrogens with zero attached hydrogens (tertiary/aromatic N) is 1. The molecule has 8 nitrogen and oxygen atoms in total. The maximum absolute atomic E-state index is 12.4. The summed E-state index contributed by atoms with van der Waals surface area (Å²) in [6, 6.07) is 0. The highest BCUT2D eigenvalue weighted by molar-refractivity contribution is 7.18. The van der Waals surface area contributed by atoms with E-state index in [4.69, 9.17) is 10.5 Å². The molecule has 2 amide bonds. The van der Waals surface area contributed by atoms with Gasteiger partial charge in [-0.15, -0.1) is 11.3 Å². The maximum atomic E-state index is 12.4. The molecule has 2 heterocycles.